The number of amides is 2. The first-order chi connectivity index (χ1) is 11.2. The Kier molecular flexibility index (Phi) is 4.23. The predicted octanol–water partition coefficient (Wildman–Crippen LogP) is 0.883. The topological polar surface area (TPSA) is 101 Å². The van der Waals surface area contributed by atoms with Crippen LogP contribution < -0.4 is 10.6 Å². The Balaban J connectivity index is 1.50. The molecule has 2 amide bonds. The van der Waals surface area contributed by atoms with Crippen molar-refractivity contribution in [3.63, 3.8) is 0 Å². The number of pyridine rings is 1. The van der Waals surface area contributed by atoms with Crippen molar-refractivity contribution in [1.82, 2.24) is 24.7 Å². The van der Waals surface area contributed by atoms with E-state index in [0.717, 1.165) is 0 Å². The summed E-state index contributed by atoms with van der Waals surface area (Å²) in [7, 11) is 0. The molecule has 0 unspecified atom stereocenters. The number of nitrogens with one attached hydrogen (secondary N) is 2. The van der Waals surface area contributed by atoms with Gasteiger partial charge in [0, 0.05) is 49.6 Å². The van der Waals surface area contributed by atoms with Gasteiger partial charge in [-0.1, -0.05) is 0 Å². The summed E-state index contributed by atoms with van der Waals surface area (Å²) in [6.07, 6.45) is 8.31. The maximum Gasteiger partial charge on any atom is 0.271 e. The lowest BCUT2D eigenvalue weighted by Crippen LogP contribution is -2.27. The molecule has 0 aliphatic heterocycles. The van der Waals surface area contributed by atoms with Gasteiger partial charge in [0.15, 0.2) is 0 Å². The van der Waals surface area contributed by atoms with E-state index in [9.17, 15) is 9.59 Å². The quantitative estimate of drug-likeness (QED) is 0.728. The molecule has 0 spiro atoms. The smallest absolute Gasteiger partial charge is 0.271 e. The van der Waals surface area contributed by atoms with Gasteiger partial charge in [-0.2, -0.15) is 0 Å². The van der Waals surface area contributed by atoms with E-state index in [1.165, 1.54) is 0 Å². The summed E-state index contributed by atoms with van der Waals surface area (Å²) < 4.78 is 1.66. The van der Waals surface area contributed by atoms with Crippen LogP contribution in [0, 0.1) is 0 Å². The fourth-order valence-electron chi connectivity index (χ4n) is 1.98. The molecule has 0 saturated heterocycles. The van der Waals surface area contributed by atoms with Gasteiger partial charge in [0.05, 0.1) is 0 Å². The first kappa shape index (κ1) is 14.6. The molecular weight excluding hydrogens is 296 g/mol. The summed E-state index contributed by atoms with van der Waals surface area (Å²) in [4.78, 5) is 35.8. The van der Waals surface area contributed by atoms with Crippen LogP contribution >= 0.6 is 0 Å². The van der Waals surface area contributed by atoms with Gasteiger partial charge in [-0.15, -0.1) is 0 Å². The zero-order valence-electron chi connectivity index (χ0n) is 12.1. The highest BCUT2D eigenvalue weighted by Crippen LogP contribution is 2.04. The summed E-state index contributed by atoms with van der Waals surface area (Å²) >= 11 is 0. The van der Waals surface area contributed by atoms with Crippen molar-refractivity contribution in [2.75, 3.05) is 11.9 Å². The average molecular weight is 310 g/mol. The van der Waals surface area contributed by atoms with Crippen molar-refractivity contribution in [1.29, 1.82) is 0 Å². The van der Waals surface area contributed by atoms with E-state index in [1.807, 2.05) is 0 Å². The number of nitrogens with zero attached hydrogens (tertiary/aromatic N) is 4. The third kappa shape index (κ3) is 3.67. The fourth-order valence-corrected chi connectivity index (χ4v) is 1.98. The molecule has 3 heterocycles. The molecule has 0 saturated carbocycles. The number of hydrogen-bond acceptors (Lipinski definition) is 5. The van der Waals surface area contributed by atoms with Gasteiger partial charge >= 0.3 is 0 Å². The summed E-state index contributed by atoms with van der Waals surface area (Å²) in [5, 5.41) is 5.38. The minimum Gasteiger partial charge on any atom is -0.350 e. The molecule has 3 aromatic heterocycles. The number of rotatable bonds is 5. The molecule has 8 nitrogen and oxygen atoms in total. The molecule has 23 heavy (non-hydrogen) atoms. The van der Waals surface area contributed by atoms with Crippen LogP contribution in [0.5, 0.6) is 0 Å². The van der Waals surface area contributed by atoms with E-state index < -0.39 is 0 Å². The molecule has 0 bridgehead atoms. The molecule has 3 rings (SSSR count). The number of aromatic nitrogens is 4. The average Bonchev–Trinajstić information content (AvgIpc) is 3.00. The van der Waals surface area contributed by atoms with Crippen molar-refractivity contribution in [3.8, 4) is 0 Å². The lowest BCUT2D eigenvalue weighted by molar-refractivity contribution is -0.116. The van der Waals surface area contributed by atoms with Crippen LogP contribution in [0.25, 0.3) is 5.78 Å². The Morgan fingerprint density at radius 2 is 2.00 bits per heavy atom. The van der Waals surface area contributed by atoms with Crippen LogP contribution in [-0.4, -0.2) is 37.7 Å². The van der Waals surface area contributed by atoms with Gasteiger partial charge < -0.3 is 10.6 Å². The largest absolute Gasteiger partial charge is 0.350 e. The standard InChI is InChI=1S/C15H14N6O2/c22-13(19-11-2-6-16-7-3-11)4-8-17-14(23)12-10-21-9-1-5-18-15(21)20-12/h1-3,5-7,9-10H,4,8H2,(H,17,23)(H,16,19,22). The Hall–Kier alpha value is -3.29. The summed E-state index contributed by atoms with van der Waals surface area (Å²) in [5.74, 6) is -0.0755. The molecule has 0 fully saturated rings. The summed E-state index contributed by atoms with van der Waals surface area (Å²) in [6.45, 7) is 0.219. The number of carbonyl (C=O) groups excluding carboxylic acids is 2. The van der Waals surface area contributed by atoms with Gasteiger partial charge in [0.2, 0.25) is 11.7 Å². The summed E-state index contributed by atoms with van der Waals surface area (Å²) in [5.41, 5.74) is 0.931. The van der Waals surface area contributed by atoms with Crippen LogP contribution in [-0.2, 0) is 4.79 Å². The second-order valence-corrected chi connectivity index (χ2v) is 4.74. The van der Waals surface area contributed by atoms with Crippen molar-refractivity contribution in [2.24, 2.45) is 0 Å². The third-order valence-corrected chi connectivity index (χ3v) is 3.07. The molecule has 0 aliphatic rings. The molecule has 0 aliphatic carbocycles. The highest BCUT2D eigenvalue weighted by atomic mass is 16.2. The first-order valence-electron chi connectivity index (χ1n) is 7.00. The Bertz CT molecular complexity index is 797. The molecule has 0 aromatic carbocycles. The van der Waals surface area contributed by atoms with E-state index in [4.69, 9.17) is 0 Å². The maximum atomic E-state index is 12.0. The predicted molar refractivity (Wildman–Crippen MR) is 82.8 cm³/mol. The lowest BCUT2D eigenvalue weighted by Gasteiger charge is -2.05. The van der Waals surface area contributed by atoms with Crippen molar-refractivity contribution < 1.29 is 9.59 Å². The molecule has 116 valence electrons. The zero-order chi connectivity index (χ0) is 16.1. The van der Waals surface area contributed by atoms with Gasteiger partial charge in [0.25, 0.3) is 5.91 Å². The minimum atomic E-state index is -0.341. The van der Waals surface area contributed by atoms with E-state index in [0.29, 0.717) is 11.5 Å². The minimum absolute atomic E-state index is 0.166. The Labute approximate surface area is 131 Å². The highest BCUT2D eigenvalue weighted by molar-refractivity contribution is 5.94. The Morgan fingerprint density at radius 3 is 2.78 bits per heavy atom. The normalized spacial score (nSPS) is 10.4. The molecule has 3 aromatic rings. The Morgan fingerprint density at radius 1 is 1.17 bits per heavy atom. The zero-order valence-corrected chi connectivity index (χ0v) is 12.1. The van der Waals surface area contributed by atoms with E-state index in [1.54, 1.807) is 53.6 Å². The van der Waals surface area contributed by atoms with E-state index >= 15 is 0 Å². The number of carbonyl (C=O) groups is 2. The summed E-state index contributed by atoms with van der Waals surface area (Å²) in [6, 6.07) is 5.14. The number of fused-ring (bicyclic) bond motifs is 1. The van der Waals surface area contributed by atoms with Crippen LogP contribution in [0.2, 0.25) is 0 Å². The number of imidazole rings is 1. The number of hydrogen-bond donors (Lipinski definition) is 2. The fraction of sp³-hybridized carbons (Fsp3) is 0.133. The SMILES string of the molecule is O=C(CCNC(=O)c1cn2cccnc2n1)Nc1ccncc1. The second-order valence-electron chi connectivity index (χ2n) is 4.74. The van der Waals surface area contributed by atoms with Crippen LogP contribution in [0.15, 0.2) is 49.2 Å². The van der Waals surface area contributed by atoms with Crippen LogP contribution in [0.4, 0.5) is 5.69 Å². The number of anilines is 1. The van der Waals surface area contributed by atoms with Crippen LogP contribution in [0.3, 0.4) is 0 Å². The van der Waals surface area contributed by atoms with E-state index in [-0.39, 0.29) is 30.5 Å². The van der Waals surface area contributed by atoms with Gasteiger partial charge in [-0.25, -0.2) is 9.97 Å². The molecule has 0 atom stereocenters. The van der Waals surface area contributed by atoms with Gasteiger partial charge in [-0.05, 0) is 18.2 Å². The molecule has 2 N–H and O–H groups in total. The van der Waals surface area contributed by atoms with Gasteiger partial charge in [-0.3, -0.25) is 19.0 Å². The van der Waals surface area contributed by atoms with Crippen molar-refractivity contribution >= 4 is 23.3 Å². The lowest BCUT2D eigenvalue weighted by atomic mass is 10.3. The van der Waals surface area contributed by atoms with Crippen molar-refractivity contribution in [2.45, 2.75) is 6.42 Å². The monoisotopic (exact) mass is 310 g/mol. The van der Waals surface area contributed by atoms with Crippen LogP contribution in [0.1, 0.15) is 16.9 Å². The molecular formula is C15H14N6O2. The second kappa shape index (κ2) is 6.65. The molecule has 0 radical (unpaired) electrons. The van der Waals surface area contributed by atoms with E-state index in [2.05, 4.69) is 25.6 Å². The van der Waals surface area contributed by atoms with Gasteiger partial charge in [0.1, 0.15) is 5.69 Å². The first-order valence-corrected chi connectivity index (χ1v) is 7.00. The van der Waals surface area contributed by atoms with Crippen molar-refractivity contribution in [3.05, 3.63) is 54.9 Å². The third-order valence-electron chi connectivity index (χ3n) is 3.07. The highest BCUT2D eigenvalue weighted by Gasteiger charge is 2.11. The molecule has 8 heteroatoms. The maximum absolute atomic E-state index is 12.0.